The van der Waals surface area contributed by atoms with Crippen LogP contribution < -0.4 is 4.74 Å². The number of hydrogen-bond acceptors (Lipinski definition) is 3. The van der Waals surface area contributed by atoms with Crippen LogP contribution in [-0.2, 0) is 22.3 Å². The number of nitrogens with one attached hydrogen (secondary N) is 1. The molecule has 2 heterocycles. The summed E-state index contributed by atoms with van der Waals surface area (Å²) in [5.74, 6) is -0.535. The van der Waals surface area contributed by atoms with Gasteiger partial charge < -0.3 is 9.72 Å². The first kappa shape index (κ1) is 18.8. The van der Waals surface area contributed by atoms with Gasteiger partial charge in [-0.25, -0.2) is 0 Å². The number of aromatic nitrogens is 1. The lowest BCUT2D eigenvalue weighted by Gasteiger charge is -2.16. The first-order valence-electron chi connectivity index (χ1n) is 8.67. The summed E-state index contributed by atoms with van der Waals surface area (Å²) in [5, 5.41) is 0.706. The van der Waals surface area contributed by atoms with E-state index in [1.54, 1.807) is 24.4 Å². The van der Waals surface area contributed by atoms with Gasteiger partial charge in [0.15, 0.2) is 0 Å². The van der Waals surface area contributed by atoms with Crippen LogP contribution in [0.2, 0.25) is 0 Å². The van der Waals surface area contributed by atoms with Crippen LogP contribution >= 0.6 is 0 Å². The van der Waals surface area contributed by atoms with Gasteiger partial charge in [0.25, 0.3) is 11.8 Å². The normalized spacial score (nSPS) is 14.6. The third-order valence-corrected chi connectivity index (χ3v) is 4.78. The average Bonchev–Trinajstić information content (AvgIpc) is 3.22. The molecule has 0 radical (unpaired) electrons. The van der Waals surface area contributed by atoms with E-state index in [2.05, 4.69) is 4.98 Å². The molecule has 0 aliphatic carbocycles. The second kappa shape index (κ2) is 6.80. The van der Waals surface area contributed by atoms with E-state index in [1.165, 1.54) is 25.3 Å². The van der Waals surface area contributed by atoms with Crippen LogP contribution in [-0.4, -0.2) is 28.8 Å². The number of carbonyl (C=O) groups excluding carboxylic acids is 2. The standard InChI is InChI=1S/C21H15F3N2O3/c1-29-14-5-6-18-15(8-14)17(10-25-18)16-9-19(27)26(20(16)28)11-12-3-2-4-13(7-12)21(22,23)24/h2-10,25H,11H2,1H3. The minimum Gasteiger partial charge on any atom is -0.497 e. The van der Waals surface area contributed by atoms with Gasteiger partial charge >= 0.3 is 6.18 Å². The quantitative estimate of drug-likeness (QED) is 0.670. The van der Waals surface area contributed by atoms with E-state index in [1.807, 2.05) is 0 Å². The zero-order valence-electron chi connectivity index (χ0n) is 15.2. The fourth-order valence-corrected chi connectivity index (χ4v) is 3.33. The molecule has 0 fully saturated rings. The lowest BCUT2D eigenvalue weighted by atomic mass is 10.0. The Morgan fingerprint density at radius 1 is 1.10 bits per heavy atom. The summed E-state index contributed by atoms with van der Waals surface area (Å²) >= 11 is 0. The zero-order valence-corrected chi connectivity index (χ0v) is 15.2. The third-order valence-electron chi connectivity index (χ3n) is 4.78. The molecule has 2 aromatic carbocycles. The summed E-state index contributed by atoms with van der Waals surface area (Å²) in [5.41, 5.74) is 0.867. The van der Waals surface area contributed by atoms with Crippen molar-refractivity contribution in [2.75, 3.05) is 7.11 Å². The Labute approximate surface area is 163 Å². The van der Waals surface area contributed by atoms with Crippen molar-refractivity contribution < 1.29 is 27.5 Å². The van der Waals surface area contributed by atoms with Crippen molar-refractivity contribution in [3.8, 4) is 5.75 Å². The highest BCUT2D eigenvalue weighted by Crippen LogP contribution is 2.33. The molecule has 3 aromatic rings. The first-order valence-corrected chi connectivity index (χ1v) is 8.67. The number of halogens is 3. The molecule has 2 amide bonds. The predicted octanol–water partition coefficient (Wildman–Crippen LogP) is 4.15. The molecule has 0 bridgehead atoms. The van der Waals surface area contributed by atoms with Gasteiger partial charge in [-0.05, 0) is 35.9 Å². The molecular weight excluding hydrogens is 385 g/mol. The van der Waals surface area contributed by atoms with E-state index in [0.29, 0.717) is 16.7 Å². The van der Waals surface area contributed by atoms with E-state index in [9.17, 15) is 22.8 Å². The van der Waals surface area contributed by atoms with Crippen LogP contribution in [0.5, 0.6) is 5.75 Å². The number of fused-ring (bicyclic) bond motifs is 1. The van der Waals surface area contributed by atoms with Gasteiger partial charge in [-0.2, -0.15) is 13.2 Å². The summed E-state index contributed by atoms with van der Waals surface area (Å²) in [6.07, 6.45) is -1.67. The lowest BCUT2D eigenvalue weighted by molar-refractivity contribution is -0.137. The van der Waals surface area contributed by atoms with E-state index < -0.39 is 23.6 Å². The fraction of sp³-hybridized carbons (Fsp3) is 0.143. The molecule has 148 valence electrons. The number of benzene rings is 2. The smallest absolute Gasteiger partial charge is 0.416 e. The second-order valence-corrected chi connectivity index (χ2v) is 6.60. The number of methoxy groups -OCH3 is 1. The summed E-state index contributed by atoms with van der Waals surface area (Å²) in [4.78, 5) is 29.2. The topological polar surface area (TPSA) is 62.4 Å². The Balaban J connectivity index is 1.64. The van der Waals surface area contributed by atoms with E-state index in [-0.39, 0.29) is 17.7 Å². The number of H-pyrrole nitrogens is 1. The van der Waals surface area contributed by atoms with Gasteiger partial charge in [-0.15, -0.1) is 0 Å². The van der Waals surface area contributed by atoms with Crippen LogP contribution in [0.25, 0.3) is 16.5 Å². The van der Waals surface area contributed by atoms with Gasteiger partial charge in [0.05, 0.1) is 24.8 Å². The number of nitrogens with zero attached hydrogens (tertiary/aromatic N) is 1. The maximum Gasteiger partial charge on any atom is 0.416 e. The van der Waals surface area contributed by atoms with Gasteiger partial charge in [0.2, 0.25) is 0 Å². The molecule has 1 N–H and O–H groups in total. The Kier molecular flexibility index (Phi) is 4.41. The van der Waals surface area contributed by atoms with Crippen molar-refractivity contribution in [2.45, 2.75) is 12.7 Å². The van der Waals surface area contributed by atoms with E-state index >= 15 is 0 Å². The molecule has 0 saturated heterocycles. The summed E-state index contributed by atoms with van der Waals surface area (Å²) in [6.45, 7) is -0.243. The van der Waals surface area contributed by atoms with Crippen molar-refractivity contribution in [1.82, 2.24) is 9.88 Å². The summed E-state index contributed by atoms with van der Waals surface area (Å²) in [6, 6.07) is 9.89. The maximum absolute atomic E-state index is 12.9. The Bertz CT molecular complexity index is 1160. The molecule has 0 spiro atoms. The molecule has 1 aromatic heterocycles. The van der Waals surface area contributed by atoms with Crippen molar-refractivity contribution in [1.29, 1.82) is 0 Å². The Morgan fingerprint density at radius 3 is 2.62 bits per heavy atom. The van der Waals surface area contributed by atoms with Crippen LogP contribution in [0, 0.1) is 0 Å². The minimum absolute atomic E-state index is 0.182. The summed E-state index contributed by atoms with van der Waals surface area (Å²) < 4.78 is 44.0. The highest BCUT2D eigenvalue weighted by molar-refractivity contribution is 6.35. The van der Waals surface area contributed by atoms with Gasteiger partial charge in [-0.3, -0.25) is 14.5 Å². The maximum atomic E-state index is 12.9. The molecule has 1 aliphatic heterocycles. The van der Waals surface area contributed by atoms with Crippen molar-refractivity contribution >= 4 is 28.3 Å². The van der Waals surface area contributed by atoms with E-state index in [0.717, 1.165) is 22.5 Å². The van der Waals surface area contributed by atoms with Crippen molar-refractivity contribution in [3.05, 3.63) is 71.4 Å². The van der Waals surface area contributed by atoms with Crippen molar-refractivity contribution in [3.63, 3.8) is 0 Å². The Hall–Kier alpha value is -3.55. The minimum atomic E-state index is -4.50. The van der Waals surface area contributed by atoms with Gasteiger partial charge in [0.1, 0.15) is 5.75 Å². The highest BCUT2D eigenvalue weighted by atomic mass is 19.4. The Morgan fingerprint density at radius 2 is 1.90 bits per heavy atom. The number of alkyl halides is 3. The molecule has 0 atom stereocenters. The summed E-state index contributed by atoms with van der Waals surface area (Å²) in [7, 11) is 1.52. The molecule has 1 aliphatic rings. The molecule has 5 nitrogen and oxygen atoms in total. The predicted molar refractivity (Wildman–Crippen MR) is 99.8 cm³/mol. The largest absolute Gasteiger partial charge is 0.497 e. The lowest BCUT2D eigenvalue weighted by Crippen LogP contribution is -2.30. The van der Waals surface area contributed by atoms with Gasteiger partial charge in [-0.1, -0.05) is 12.1 Å². The van der Waals surface area contributed by atoms with Crippen LogP contribution in [0.1, 0.15) is 16.7 Å². The molecular formula is C21H15F3N2O3. The monoisotopic (exact) mass is 400 g/mol. The second-order valence-electron chi connectivity index (χ2n) is 6.60. The van der Waals surface area contributed by atoms with Crippen LogP contribution in [0.15, 0.2) is 54.7 Å². The molecule has 0 saturated carbocycles. The third kappa shape index (κ3) is 3.37. The number of aromatic amines is 1. The number of ether oxygens (including phenoxy) is 1. The number of amides is 2. The van der Waals surface area contributed by atoms with Crippen molar-refractivity contribution in [2.24, 2.45) is 0 Å². The van der Waals surface area contributed by atoms with Crippen LogP contribution in [0.4, 0.5) is 13.2 Å². The van der Waals surface area contributed by atoms with Crippen LogP contribution in [0.3, 0.4) is 0 Å². The average molecular weight is 400 g/mol. The first-order chi connectivity index (χ1) is 13.8. The van der Waals surface area contributed by atoms with Gasteiger partial charge in [0, 0.05) is 28.7 Å². The zero-order chi connectivity index (χ0) is 20.8. The van der Waals surface area contributed by atoms with E-state index in [4.69, 9.17) is 4.74 Å². The SMILES string of the molecule is COc1ccc2[nH]cc(C3=CC(=O)N(Cc4cccc(C(F)(F)F)c4)C3=O)c2c1. The number of rotatable bonds is 4. The molecule has 8 heteroatoms. The number of hydrogen-bond donors (Lipinski definition) is 1. The molecule has 29 heavy (non-hydrogen) atoms. The number of carbonyl (C=O) groups is 2. The highest BCUT2D eigenvalue weighted by Gasteiger charge is 2.34. The number of imide groups is 1. The molecule has 4 rings (SSSR count). The molecule has 0 unspecified atom stereocenters. The fourth-order valence-electron chi connectivity index (χ4n) is 3.33.